The van der Waals surface area contributed by atoms with Crippen molar-refractivity contribution in [1.29, 1.82) is 0 Å². The highest BCUT2D eigenvalue weighted by Crippen LogP contribution is 2.25. The Labute approximate surface area is 163 Å². The summed E-state index contributed by atoms with van der Waals surface area (Å²) in [7, 11) is 4.07. The minimum atomic E-state index is 0. The van der Waals surface area contributed by atoms with Gasteiger partial charge in [-0.25, -0.2) is 0 Å². The van der Waals surface area contributed by atoms with Crippen LogP contribution in [0.2, 0.25) is 0 Å². The van der Waals surface area contributed by atoms with Gasteiger partial charge < -0.3 is 20.4 Å². The first-order valence-electron chi connectivity index (χ1n) is 8.64. The molecule has 0 amide bonds. The molecule has 23 heavy (non-hydrogen) atoms. The van der Waals surface area contributed by atoms with Gasteiger partial charge in [0, 0.05) is 58.1 Å². The first-order chi connectivity index (χ1) is 10.7. The summed E-state index contributed by atoms with van der Waals surface area (Å²) in [6.45, 7) is 10.3. The number of halogens is 1. The summed E-state index contributed by atoms with van der Waals surface area (Å²) in [6, 6.07) is 0. The average molecular weight is 455 g/mol. The van der Waals surface area contributed by atoms with Gasteiger partial charge in [-0.3, -0.25) is 4.99 Å². The fraction of sp³-hybridized carbons (Fsp3) is 0.938. The Kier molecular flexibility index (Phi) is 10.9. The van der Waals surface area contributed by atoms with Crippen LogP contribution in [0.1, 0.15) is 19.8 Å². The highest BCUT2D eigenvalue weighted by molar-refractivity contribution is 14.0. The van der Waals surface area contributed by atoms with Crippen molar-refractivity contribution < 1.29 is 0 Å². The molecule has 2 N–H and O–H groups in total. The molecular formula is C16H34IN5S. The number of aliphatic imine (C=N–C) groups is 1. The van der Waals surface area contributed by atoms with Gasteiger partial charge in [0.25, 0.3) is 0 Å². The summed E-state index contributed by atoms with van der Waals surface area (Å²) in [5.74, 6) is 2.92. The number of piperazine rings is 1. The number of rotatable bonds is 6. The smallest absolute Gasteiger partial charge is 0.191 e. The summed E-state index contributed by atoms with van der Waals surface area (Å²) >= 11 is 2.09. The van der Waals surface area contributed by atoms with Crippen molar-refractivity contribution in [2.75, 3.05) is 65.7 Å². The molecule has 0 aliphatic carbocycles. The molecule has 0 bridgehead atoms. The molecule has 0 aromatic heterocycles. The first-order valence-corrected chi connectivity index (χ1v) is 9.69. The van der Waals surface area contributed by atoms with Crippen molar-refractivity contribution in [2.24, 2.45) is 10.9 Å². The Morgan fingerprint density at radius 2 is 2.00 bits per heavy atom. The van der Waals surface area contributed by atoms with Crippen molar-refractivity contribution in [1.82, 2.24) is 20.4 Å². The summed E-state index contributed by atoms with van der Waals surface area (Å²) < 4.78 is 0. The third-order valence-corrected chi connectivity index (χ3v) is 5.93. The van der Waals surface area contributed by atoms with Gasteiger partial charge in [0.05, 0.1) is 0 Å². The van der Waals surface area contributed by atoms with Crippen LogP contribution >= 0.6 is 35.7 Å². The molecule has 0 aromatic rings. The van der Waals surface area contributed by atoms with E-state index in [2.05, 4.69) is 51.2 Å². The van der Waals surface area contributed by atoms with Crippen LogP contribution in [0.3, 0.4) is 0 Å². The Balaban J connectivity index is 0.00000264. The van der Waals surface area contributed by atoms with E-state index in [4.69, 9.17) is 0 Å². The van der Waals surface area contributed by atoms with E-state index in [1.807, 2.05) is 7.05 Å². The lowest BCUT2D eigenvalue weighted by Gasteiger charge is -2.34. The Bertz CT molecular complexity index is 341. The number of hydrogen-bond donors (Lipinski definition) is 2. The Hall–Kier alpha value is 0.270. The molecule has 136 valence electrons. The number of likely N-dealkylation sites (N-methyl/N-ethyl adjacent to an activating group) is 1. The predicted octanol–water partition coefficient (Wildman–Crippen LogP) is 1.55. The van der Waals surface area contributed by atoms with Crippen molar-refractivity contribution in [3.63, 3.8) is 0 Å². The molecule has 0 radical (unpaired) electrons. The second kappa shape index (κ2) is 11.8. The molecular weight excluding hydrogens is 421 g/mol. The highest BCUT2D eigenvalue weighted by Gasteiger charge is 2.17. The zero-order chi connectivity index (χ0) is 15.8. The highest BCUT2D eigenvalue weighted by atomic mass is 127. The van der Waals surface area contributed by atoms with Crippen molar-refractivity contribution in [2.45, 2.75) is 25.0 Å². The maximum Gasteiger partial charge on any atom is 0.191 e. The summed E-state index contributed by atoms with van der Waals surface area (Å²) in [5, 5.41) is 7.72. The van der Waals surface area contributed by atoms with Gasteiger partial charge in [-0.1, -0.05) is 6.92 Å². The summed E-state index contributed by atoms with van der Waals surface area (Å²) in [6.07, 6.45) is 2.71. The molecule has 0 spiro atoms. The van der Waals surface area contributed by atoms with Crippen LogP contribution in [0.4, 0.5) is 0 Å². The predicted molar refractivity (Wildman–Crippen MR) is 113 cm³/mol. The third-order valence-electron chi connectivity index (χ3n) is 4.53. The molecule has 2 atom stereocenters. The number of guanidine groups is 1. The maximum absolute atomic E-state index is 4.34. The minimum Gasteiger partial charge on any atom is -0.356 e. The van der Waals surface area contributed by atoms with Gasteiger partial charge >= 0.3 is 0 Å². The zero-order valence-corrected chi connectivity index (χ0v) is 18.0. The maximum atomic E-state index is 4.34. The summed E-state index contributed by atoms with van der Waals surface area (Å²) in [5.41, 5.74) is 0. The van der Waals surface area contributed by atoms with E-state index < -0.39 is 0 Å². The van der Waals surface area contributed by atoms with Crippen molar-refractivity contribution in [3.05, 3.63) is 0 Å². The molecule has 2 heterocycles. The van der Waals surface area contributed by atoms with Crippen LogP contribution in [0.25, 0.3) is 0 Å². The standard InChI is InChI=1S/C16H33N5S.HI/c1-14(13-21-8-6-20(3)7-9-21)11-18-16(17-2)19-12-15-5-4-10-22-15;/h14-15H,4-13H2,1-3H3,(H2,17,18,19);1H. The van der Waals surface area contributed by atoms with Crippen LogP contribution in [0.5, 0.6) is 0 Å². The molecule has 5 nitrogen and oxygen atoms in total. The molecule has 2 fully saturated rings. The SMILES string of the molecule is CN=C(NCC(C)CN1CCN(C)CC1)NCC1CCCS1.I. The molecule has 2 aliphatic heterocycles. The van der Waals surface area contributed by atoms with Crippen molar-refractivity contribution in [3.8, 4) is 0 Å². The lowest BCUT2D eigenvalue weighted by molar-refractivity contribution is 0.139. The van der Waals surface area contributed by atoms with Crippen LogP contribution < -0.4 is 10.6 Å². The van der Waals surface area contributed by atoms with Crippen LogP contribution in [-0.4, -0.2) is 86.7 Å². The van der Waals surface area contributed by atoms with Gasteiger partial charge in [-0.05, 0) is 31.6 Å². The lowest BCUT2D eigenvalue weighted by atomic mass is 10.1. The quantitative estimate of drug-likeness (QED) is 0.362. The fourth-order valence-electron chi connectivity index (χ4n) is 3.04. The first kappa shape index (κ1) is 21.3. The Morgan fingerprint density at radius 3 is 2.61 bits per heavy atom. The van der Waals surface area contributed by atoms with Gasteiger partial charge in [0.2, 0.25) is 0 Å². The van der Waals surface area contributed by atoms with Gasteiger partial charge in [0.1, 0.15) is 0 Å². The molecule has 0 aromatic carbocycles. The van der Waals surface area contributed by atoms with Crippen molar-refractivity contribution >= 4 is 41.7 Å². The molecule has 2 unspecified atom stereocenters. The van der Waals surface area contributed by atoms with E-state index in [9.17, 15) is 0 Å². The monoisotopic (exact) mass is 455 g/mol. The van der Waals surface area contributed by atoms with Gasteiger partial charge in [-0.2, -0.15) is 11.8 Å². The number of nitrogens with one attached hydrogen (secondary N) is 2. The van der Waals surface area contributed by atoms with Crippen LogP contribution in [-0.2, 0) is 0 Å². The van der Waals surface area contributed by atoms with E-state index in [0.717, 1.165) is 24.3 Å². The van der Waals surface area contributed by atoms with Gasteiger partial charge in [0.15, 0.2) is 5.96 Å². The second-order valence-electron chi connectivity index (χ2n) is 6.68. The van der Waals surface area contributed by atoms with Gasteiger partial charge in [-0.15, -0.1) is 24.0 Å². The lowest BCUT2D eigenvalue weighted by Crippen LogP contribution is -2.48. The topological polar surface area (TPSA) is 42.9 Å². The minimum absolute atomic E-state index is 0. The molecule has 2 aliphatic rings. The second-order valence-corrected chi connectivity index (χ2v) is 8.09. The molecule has 7 heteroatoms. The average Bonchev–Trinajstić information content (AvgIpc) is 3.03. The fourth-order valence-corrected chi connectivity index (χ4v) is 4.24. The third kappa shape index (κ3) is 8.27. The normalized spacial score (nSPS) is 25.0. The summed E-state index contributed by atoms with van der Waals surface area (Å²) in [4.78, 5) is 9.33. The van der Waals surface area contributed by atoms with E-state index in [1.165, 1.54) is 51.3 Å². The zero-order valence-electron chi connectivity index (χ0n) is 14.9. The van der Waals surface area contributed by atoms with E-state index in [1.54, 1.807) is 0 Å². The van der Waals surface area contributed by atoms with E-state index in [-0.39, 0.29) is 24.0 Å². The van der Waals surface area contributed by atoms with E-state index in [0.29, 0.717) is 5.92 Å². The largest absolute Gasteiger partial charge is 0.356 e. The van der Waals surface area contributed by atoms with Crippen LogP contribution in [0.15, 0.2) is 4.99 Å². The number of nitrogens with zero attached hydrogens (tertiary/aromatic N) is 3. The molecule has 2 saturated heterocycles. The van der Waals surface area contributed by atoms with E-state index >= 15 is 0 Å². The molecule has 2 rings (SSSR count). The Morgan fingerprint density at radius 1 is 1.26 bits per heavy atom. The number of hydrogen-bond acceptors (Lipinski definition) is 4. The van der Waals surface area contributed by atoms with Crippen LogP contribution in [0, 0.1) is 5.92 Å². The number of thioether (sulfide) groups is 1. The molecule has 0 saturated carbocycles.